The molecule has 14 nitrogen and oxygen atoms in total. The summed E-state index contributed by atoms with van der Waals surface area (Å²) in [5, 5.41) is 17.3. The van der Waals surface area contributed by atoms with Crippen LogP contribution in [-0.4, -0.2) is 61.5 Å². The summed E-state index contributed by atoms with van der Waals surface area (Å²) < 4.78 is 4.25. The molecule has 74 heavy (non-hydrogen) atoms. The lowest BCUT2D eigenvalue weighted by molar-refractivity contribution is -0.141. The van der Waals surface area contributed by atoms with E-state index >= 15 is 0 Å². The molecule has 0 saturated heterocycles. The van der Waals surface area contributed by atoms with Crippen LogP contribution in [0.1, 0.15) is 97.6 Å². The van der Waals surface area contributed by atoms with E-state index in [9.17, 15) is 28.8 Å². The molecule has 0 saturated carbocycles. The van der Waals surface area contributed by atoms with Crippen molar-refractivity contribution < 1.29 is 43.3 Å². The summed E-state index contributed by atoms with van der Waals surface area (Å²) in [5.41, 5.74) is 9.27. The van der Waals surface area contributed by atoms with E-state index in [1.807, 2.05) is 135 Å². The van der Waals surface area contributed by atoms with E-state index in [0.717, 1.165) is 75.3 Å². The van der Waals surface area contributed by atoms with Crippen LogP contribution in [0.15, 0.2) is 165 Å². The van der Waals surface area contributed by atoms with Gasteiger partial charge in [-0.25, -0.2) is 14.4 Å². The minimum atomic E-state index is -0.554. The van der Waals surface area contributed by atoms with Gasteiger partial charge in [0.25, 0.3) is 0 Å². The van der Waals surface area contributed by atoms with Gasteiger partial charge in [-0.05, 0) is 136 Å². The zero-order chi connectivity index (χ0) is 53.4. The molecule has 2 heterocycles. The number of carbonyl (C=O) groups is 6. The van der Waals surface area contributed by atoms with E-state index in [0.29, 0.717) is 28.1 Å². The first-order valence-corrected chi connectivity index (χ1v) is 24.2. The van der Waals surface area contributed by atoms with E-state index in [2.05, 4.69) is 35.5 Å². The fourth-order valence-electron chi connectivity index (χ4n) is 8.32. The molecule has 0 unspecified atom stereocenters. The monoisotopic (exact) mass is 1010 g/mol. The molecule has 0 radical (unpaired) electrons. The van der Waals surface area contributed by atoms with E-state index in [1.165, 1.54) is 27.7 Å². The zero-order valence-electron chi connectivity index (χ0n) is 42.6. The topological polar surface area (TPSA) is 177 Å². The lowest BCUT2D eigenvalue weighted by atomic mass is 9.97. The van der Waals surface area contributed by atoms with E-state index in [4.69, 9.17) is 9.68 Å². The number of benzene rings is 7. The number of nitrogens with zero attached hydrogens (tertiary/aromatic N) is 5. The highest BCUT2D eigenvalue weighted by Crippen LogP contribution is 2.37. The summed E-state index contributed by atoms with van der Waals surface area (Å²) >= 11 is 1.62. The van der Waals surface area contributed by atoms with Crippen LogP contribution >= 0.6 is 11.8 Å². The van der Waals surface area contributed by atoms with Gasteiger partial charge in [0, 0.05) is 105 Å². The van der Waals surface area contributed by atoms with Crippen LogP contribution < -0.4 is 0 Å². The first kappa shape index (κ1) is 53.0. The predicted octanol–water partition coefficient (Wildman–Crippen LogP) is 12.8. The van der Waals surface area contributed by atoms with Crippen LogP contribution in [0.5, 0.6) is 0 Å². The maximum absolute atomic E-state index is 12.3. The van der Waals surface area contributed by atoms with Gasteiger partial charge in [-0.3, -0.25) is 14.4 Å². The van der Waals surface area contributed by atoms with Crippen LogP contribution in [0.2, 0.25) is 0 Å². The first-order chi connectivity index (χ1) is 35.3. The standard InChI is InChI=1S/C23H20N2O3.C19H18N2O3.C17H15NO3S/c1-13(24-28-15(3)27)16-9-10-22-20(11-16)21-12-19(14(2)26)17-7-5-6-8-18(17)23(21)25(22)4;1-11(20-24-13(3)23)14-5-7-18-16(9-14)17-10-15(12(2)22)6-8-19(17)21(18)4;1-12(18-21-13(2)19)17(20)14-8-10-16(11-9-14)22-15-6-4-3-5-7-15/h5-12H,1-4H3;5-10H,1-4H3;3-11H,1-2H3/b24-13-;20-11-;18-12-. The molecule has 9 aromatic rings. The first-order valence-electron chi connectivity index (χ1n) is 23.4. The molecular formula is C59H53N5O9S. The normalized spacial score (nSPS) is 11.7. The SMILES string of the molecule is CC(=O)O/N=C(/C)C(=O)c1ccc(Sc2ccccc2)cc1.CC(=O)O/N=C(/C)c1ccc2c(c1)c1cc(C(C)=O)c3ccccc3c1n2C.CC(=O)O/N=C(/C)c1ccc2c(c1)c1cc(C(C)=O)ccc1n2C. The summed E-state index contributed by atoms with van der Waals surface area (Å²) in [4.78, 5) is 84.8. The maximum atomic E-state index is 12.3. The average Bonchev–Trinajstić information content (AvgIpc) is 3.84. The molecule has 0 N–H and O–H groups in total. The third kappa shape index (κ3) is 12.1. The van der Waals surface area contributed by atoms with Gasteiger partial charge < -0.3 is 23.6 Å². The van der Waals surface area contributed by atoms with Gasteiger partial charge in [-0.15, -0.1) is 0 Å². The van der Waals surface area contributed by atoms with Gasteiger partial charge in [0.15, 0.2) is 11.6 Å². The summed E-state index contributed by atoms with van der Waals surface area (Å²) in [5.74, 6) is -1.65. The summed E-state index contributed by atoms with van der Waals surface area (Å²) in [6.07, 6.45) is 0. The van der Waals surface area contributed by atoms with Crippen molar-refractivity contribution in [2.75, 3.05) is 0 Å². The van der Waals surface area contributed by atoms with Crippen LogP contribution in [0, 0.1) is 0 Å². The van der Waals surface area contributed by atoms with E-state index < -0.39 is 17.9 Å². The Kier molecular flexibility index (Phi) is 16.6. The number of carbonyl (C=O) groups excluding carboxylic acids is 6. The highest BCUT2D eigenvalue weighted by molar-refractivity contribution is 7.99. The molecular weight excluding hydrogens is 955 g/mol. The summed E-state index contributed by atoms with van der Waals surface area (Å²) in [7, 11) is 4.03. The molecule has 7 aromatic carbocycles. The van der Waals surface area contributed by atoms with Crippen molar-refractivity contribution in [2.24, 2.45) is 29.6 Å². The Bertz CT molecular complexity index is 3790. The molecule has 15 heteroatoms. The second kappa shape index (κ2) is 23.2. The molecule has 0 aliphatic rings. The molecule has 0 fully saturated rings. The van der Waals surface area contributed by atoms with Crippen molar-refractivity contribution >= 4 is 119 Å². The number of aromatic nitrogens is 2. The lowest BCUT2D eigenvalue weighted by Gasteiger charge is -2.07. The molecule has 0 aliphatic heterocycles. The largest absolute Gasteiger partial charge is 0.344 e. The average molecular weight is 1010 g/mol. The van der Waals surface area contributed by atoms with Gasteiger partial charge in [0.1, 0.15) is 5.71 Å². The predicted molar refractivity (Wildman–Crippen MR) is 293 cm³/mol. The zero-order valence-corrected chi connectivity index (χ0v) is 43.4. The Labute approximate surface area is 431 Å². The van der Waals surface area contributed by atoms with Gasteiger partial charge in [-0.2, -0.15) is 0 Å². The van der Waals surface area contributed by atoms with E-state index in [-0.39, 0.29) is 23.1 Å². The number of hydrogen-bond acceptors (Lipinski definition) is 13. The van der Waals surface area contributed by atoms with Crippen molar-refractivity contribution in [1.29, 1.82) is 0 Å². The second-order valence-corrected chi connectivity index (χ2v) is 18.5. The summed E-state index contributed by atoms with van der Waals surface area (Å²) in [6.45, 7) is 12.1. The fourth-order valence-corrected chi connectivity index (χ4v) is 9.16. The van der Waals surface area contributed by atoms with Gasteiger partial charge in [0.2, 0.25) is 5.78 Å². The Morgan fingerprint density at radius 2 is 0.838 bits per heavy atom. The molecule has 0 spiro atoms. The van der Waals surface area contributed by atoms with Gasteiger partial charge in [0.05, 0.1) is 16.9 Å². The Morgan fingerprint density at radius 1 is 0.405 bits per heavy atom. The third-order valence-electron chi connectivity index (χ3n) is 12.0. The summed E-state index contributed by atoms with van der Waals surface area (Å²) in [6, 6.07) is 44.9. The van der Waals surface area contributed by atoms with Gasteiger partial charge >= 0.3 is 17.9 Å². The van der Waals surface area contributed by atoms with Crippen LogP contribution in [0.25, 0.3) is 54.4 Å². The fraction of sp³-hybridized carbons (Fsp3) is 0.169. The van der Waals surface area contributed by atoms with Crippen LogP contribution in [-0.2, 0) is 43.0 Å². The van der Waals surface area contributed by atoms with Crippen LogP contribution in [0.3, 0.4) is 0 Å². The lowest BCUT2D eigenvalue weighted by Crippen LogP contribution is -2.11. The molecule has 0 amide bonds. The second-order valence-electron chi connectivity index (χ2n) is 17.3. The van der Waals surface area contributed by atoms with Crippen molar-refractivity contribution in [3.63, 3.8) is 0 Å². The molecule has 9 rings (SSSR count). The smallest absolute Gasteiger partial charge is 0.331 e. The number of Topliss-reactive ketones (excluding diaryl/α,β-unsaturated/α-hetero) is 3. The van der Waals surface area contributed by atoms with Crippen LogP contribution in [0.4, 0.5) is 0 Å². The Hall–Kier alpha value is -8.82. The molecule has 0 bridgehead atoms. The third-order valence-corrected chi connectivity index (χ3v) is 13.0. The number of ketones is 3. The highest BCUT2D eigenvalue weighted by Gasteiger charge is 2.18. The number of fused-ring (bicyclic) bond motifs is 8. The van der Waals surface area contributed by atoms with Gasteiger partial charge in [-0.1, -0.05) is 81.8 Å². The van der Waals surface area contributed by atoms with Crippen molar-refractivity contribution in [1.82, 2.24) is 9.13 Å². The number of aryl methyl sites for hydroxylation is 2. The molecule has 0 aliphatic carbocycles. The maximum Gasteiger partial charge on any atom is 0.331 e. The van der Waals surface area contributed by atoms with Crippen molar-refractivity contribution in [3.8, 4) is 0 Å². The Morgan fingerprint density at radius 3 is 1.35 bits per heavy atom. The molecule has 0 atom stereocenters. The highest BCUT2D eigenvalue weighted by atomic mass is 32.2. The minimum Gasteiger partial charge on any atom is -0.344 e. The molecule has 374 valence electrons. The minimum absolute atomic E-state index is 0.0395. The quantitative estimate of drug-likeness (QED) is 0.0524. The molecule has 2 aromatic heterocycles. The number of rotatable bonds is 11. The van der Waals surface area contributed by atoms with Crippen molar-refractivity contribution in [2.45, 2.75) is 65.2 Å². The number of oxime groups is 3. The Balaban J connectivity index is 0.000000164. The van der Waals surface area contributed by atoms with E-state index in [1.54, 1.807) is 51.6 Å². The number of hydrogen-bond donors (Lipinski definition) is 0. The van der Waals surface area contributed by atoms with Crippen molar-refractivity contribution in [3.05, 3.63) is 167 Å².